The minimum Gasteiger partial charge on any atom is -0.350 e. The van der Waals surface area contributed by atoms with Crippen molar-refractivity contribution >= 4 is 11.8 Å². The first kappa shape index (κ1) is 25.5. The van der Waals surface area contributed by atoms with Crippen LogP contribution < -0.4 is 5.32 Å². The van der Waals surface area contributed by atoms with Crippen LogP contribution in [0.25, 0.3) is 0 Å². The minimum absolute atomic E-state index is 0.0417. The molecule has 0 spiro atoms. The number of benzene rings is 2. The Kier molecular flexibility index (Phi) is 8.87. The lowest BCUT2D eigenvalue weighted by Crippen LogP contribution is -2.45. The van der Waals surface area contributed by atoms with Crippen LogP contribution >= 0.6 is 0 Å². The average Bonchev–Trinajstić information content (AvgIpc) is 3.33. The van der Waals surface area contributed by atoms with Gasteiger partial charge in [0.25, 0.3) is 0 Å². The summed E-state index contributed by atoms with van der Waals surface area (Å²) in [5.41, 5.74) is 2.72. The van der Waals surface area contributed by atoms with E-state index in [9.17, 15) is 14.9 Å². The number of nitriles is 1. The third-order valence-electron chi connectivity index (χ3n) is 7.11. The summed E-state index contributed by atoms with van der Waals surface area (Å²) in [5, 5.41) is 13.1. The highest BCUT2D eigenvalue weighted by atomic mass is 16.2. The molecule has 2 amide bonds. The highest BCUT2D eigenvalue weighted by molar-refractivity contribution is 5.88. The molecule has 1 heterocycles. The van der Waals surface area contributed by atoms with Crippen molar-refractivity contribution in [1.82, 2.24) is 10.2 Å². The van der Waals surface area contributed by atoms with Crippen LogP contribution in [0.4, 0.5) is 0 Å². The summed E-state index contributed by atoms with van der Waals surface area (Å²) >= 11 is 0. The maximum atomic E-state index is 13.0. The molecule has 1 unspecified atom stereocenters. The van der Waals surface area contributed by atoms with Crippen LogP contribution in [-0.4, -0.2) is 29.3 Å². The van der Waals surface area contributed by atoms with Gasteiger partial charge in [0.15, 0.2) is 0 Å². The van der Waals surface area contributed by atoms with Crippen LogP contribution in [0, 0.1) is 24.2 Å². The number of nitrogens with zero attached hydrogens (tertiary/aromatic N) is 2. The maximum absolute atomic E-state index is 13.0. The topological polar surface area (TPSA) is 73.2 Å². The lowest BCUT2D eigenvalue weighted by Gasteiger charge is -2.31. The molecule has 1 N–H and O–H groups in total. The van der Waals surface area contributed by atoms with E-state index in [0.29, 0.717) is 25.9 Å². The molecule has 0 aliphatic carbocycles. The zero-order valence-electron chi connectivity index (χ0n) is 20.7. The Balaban J connectivity index is 1.51. The van der Waals surface area contributed by atoms with Gasteiger partial charge in [-0.2, -0.15) is 5.26 Å². The van der Waals surface area contributed by atoms with E-state index >= 15 is 0 Å². The predicted octanol–water partition coefficient (Wildman–Crippen LogP) is 5.28. The number of carbonyl (C=O) groups is 2. The van der Waals surface area contributed by atoms with Crippen LogP contribution in [-0.2, 0) is 21.5 Å². The van der Waals surface area contributed by atoms with Crippen LogP contribution in [0.5, 0.6) is 0 Å². The maximum Gasteiger partial charge on any atom is 0.243 e. The average molecular weight is 460 g/mol. The molecule has 5 heteroatoms. The molecule has 0 saturated carbocycles. The van der Waals surface area contributed by atoms with Gasteiger partial charge in [0.1, 0.15) is 6.04 Å². The van der Waals surface area contributed by atoms with Crippen LogP contribution in [0.3, 0.4) is 0 Å². The number of hydrogen-bond donors (Lipinski definition) is 1. The molecule has 0 aromatic heterocycles. The quantitative estimate of drug-likeness (QED) is 0.491. The third-order valence-corrected chi connectivity index (χ3v) is 7.11. The second kappa shape index (κ2) is 11.8. The van der Waals surface area contributed by atoms with Gasteiger partial charge in [-0.15, -0.1) is 0 Å². The number of likely N-dealkylation sites (tertiary alicyclic amines) is 1. The summed E-state index contributed by atoms with van der Waals surface area (Å²) in [6, 6.07) is 20.3. The van der Waals surface area contributed by atoms with E-state index in [4.69, 9.17) is 0 Å². The largest absolute Gasteiger partial charge is 0.350 e. The normalized spacial score (nSPS) is 17.3. The first-order valence-electron chi connectivity index (χ1n) is 12.5. The smallest absolute Gasteiger partial charge is 0.243 e. The summed E-state index contributed by atoms with van der Waals surface area (Å²) in [7, 11) is 0. The van der Waals surface area contributed by atoms with Gasteiger partial charge in [-0.05, 0) is 49.7 Å². The highest BCUT2D eigenvalue weighted by Gasteiger charge is 2.36. The van der Waals surface area contributed by atoms with E-state index in [1.165, 1.54) is 0 Å². The van der Waals surface area contributed by atoms with Crippen molar-refractivity contribution in [3.63, 3.8) is 0 Å². The zero-order valence-corrected chi connectivity index (χ0v) is 20.7. The Morgan fingerprint density at radius 2 is 1.91 bits per heavy atom. The van der Waals surface area contributed by atoms with Crippen molar-refractivity contribution in [2.75, 3.05) is 6.54 Å². The third kappa shape index (κ3) is 6.05. The van der Waals surface area contributed by atoms with Crippen molar-refractivity contribution in [2.45, 2.75) is 77.3 Å². The molecule has 2 aromatic carbocycles. The monoisotopic (exact) mass is 459 g/mol. The lowest BCUT2D eigenvalue weighted by atomic mass is 9.69. The number of rotatable bonds is 10. The number of unbranched alkanes of at least 4 members (excludes halogenated alkanes) is 1. The molecule has 3 rings (SSSR count). The first-order chi connectivity index (χ1) is 16.4. The number of nitrogens with one attached hydrogen (secondary N) is 1. The second-order valence-corrected chi connectivity index (χ2v) is 9.76. The SMILES string of the molecule is Cc1cccc(CNC(=O)[C@H]2CCCN2C(=O)CCCCC(C#N)(c2ccccc2)C(C)C)c1. The van der Waals surface area contributed by atoms with Crippen molar-refractivity contribution in [2.24, 2.45) is 5.92 Å². The molecule has 1 aliphatic heterocycles. The molecule has 1 saturated heterocycles. The van der Waals surface area contributed by atoms with E-state index in [0.717, 1.165) is 42.4 Å². The number of hydrogen-bond acceptors (Lipinski definition) is 3. The standard InChI is InChI=1S/C29H37N3O2/c1-22(2)29(21-30,25-13-5-4-6-14-25)17-8-7-16-27(33)32-18-10-15-26(32)28(34)31-20-24-12-9-11-23(3)19-24/h4-6,9,11-14,19,22,26H,7-8,10,15-18,20H2,1-3H3,(H,31,34)/t26-,29?/m1/s1. The van der Waals surface area contributed by atoms with E-state index in [1.807, 2.05) is 55.5 Å². The fourth-order valence-corrected chi connectivity index (χ4v) is 5.04. The Morgan fingerprint density at radius 1 is 1.15 bits per heavy atom. The number of amides is 2. The van der Waals surface area contributed by atoms with Gasteiger partial charge in [0, 0.05) is 19.5 Å². The van der Waals surface area contributed by atoms with Crippen molar-refractivity contribution < 1.29 is 9.59 Å². The first-order valence-corrected chi connectivity index (χ1v) is 12.5. The van der Waals surface area contributed by atoms with Crippen LogP contribution in [0.2, 0.25) is 0 Å². The van der Waals surface area contributed by atoms with E-state index in [2.05, 4.69) is 31.3 Å². The van der Waals surface area contributed by atoms with Crippen molar-refractivity contribution in [3.05, 3.63) is 71.3 Å². The van der Waals surface area contributed by atoms with Gasteiger partial charge in [-0.3, -0.25) is 9.59 Å². The summed E-state index contributed by atoms with van der Waals surface area (Å²) in [5.74, 6) is 0.149. The molecule has 2 aromatic rings. The molecule has 1 aliphatic rings. The summed E-state index contributed by atoms with van der Waals surface area (Å²) in [6.07, 6.45) is 4.22. The highest BCUT2D eigenvalue weighted by Crippen LogP contribution is 2.37. The van der Waals surface area contributed by atoms with E-state index < -0.39 is 5.41 Å². The molecule has 5 nitrogen and oxygen atoms in total. The number of aryl methyl sites for hydroxylation is 1. The predicted molar refractivity (Wildman–Crippen MR) is 135 cm³/mol. The van der Waals surface area contributed by atoms with E-state index in [-0.39, 0.29) is 23.8 Å². The lowest BCUT2D eigenvalue weighted by molar-refractivity contribution is -0.138. The molecule has 1 fully saturated rings. The fraction of sp³-hybridized carbons (Fsp3) is 0.483. The second-order valence-electron chi connectivity index (χ2n) is 9.76. The number of carbonyl (C=O) groups excluding carboxylic acids is 2. The molecular formula is C29H37N3O2. The summed E-state index contributed by atoms with van der Waals surface area (Å²) in [6.45, 7) is 7.32. The molecule has 180 valence electrons. The summed E-state index contributed by atoms with van der Waals surface area (Å²) in [4.78, 5) is 27.5. The van der Waals surface area contributed by atoms with Gasteiger partial charge >= 0.3 is 0 Å². The Morgan fingerprint density at radius 3 is 2.59 bits per heavy atom. The Hall–Kier alpha value is -3.13. The summed E-state index contributed by atoms with van der Waals surface area (Å²) < 4.78 is 0. The van der Waals surface area contributed by atoms with Crippen LogP contribution in [0.15, 0.2) is 54.6 Å². The van der Waals surface area contributed by atoms with Gasteiger partial charge in [-0.1, -0.05) is 80.4 Å². The van der Waals surface area contributed by atoms with Gasteiger partial charge in [-0.25, -0.2) is 0 Å². The Bertz CT molecular complexity index is 1010. The van der Waals surface area contributed by atoms with Gasteiger partial charge in [0.05, 0.1) is 11.5 Å². The molecule has 0 radical (unpaired) electrons. The van der Waals surface area contributed by atoms with Crippen LogP contribution in [0.1, 0.15) is 69.1 Å². The Labute approximate surface area is 204 Å². The molecule has 0 bridgehead atoms. The van der Waals surface area contributed by atoms with Gasteiger partial charge in [0.2, 0.25) is 11.8 Å². The van der Waals surface area contributed by atoms with Gasteiger partial charge < -0.3 is 10.2 Å². The van der Waals surface area contributed by atoms with E-state index in [1.54, 1.807) is 4.90 Å². The van der Waals surface area contributed by atoms with Crippen molar-refractivity contribution in [1.29, 1.82) is 5.26 Å². The van der Waals surface area contributed by atoms with Crippen molar-refractivity contribution in [3.8, 4) is 6.07 Å². The molecular weight excluding hydrogens is 422 g/mol. The minimum atomic E-state index is -0.545. The zero-order chi connectivity index (χ0) is 24.6. The fourth-order valence-electron chi connectivity index (χ4n) is 5.04. The molecule has 2 atom stereocenters. The molecule has 34 heavy (non-hydrogen) atoms.